The highest BCUT2D eigenvalue weighted by Crippen LogP contribution is 2.31. The molecule has 0 heterocycles. The van der Waals surface area contributed by atoms with Crippen LogP contribution in [0.25, 0.3) is 0 Å². The molecule has 70 valence electrons. The molecule has 0 fully saturated rings. The Morgan fingerprint density at radius 1 is 1.50 bits per heavy atom. The van der Waals surface area contributed by atoms with Crippen LogP contribution >= 0.6 is 0 Å². The van der Waals surface area contributed by atoms with E-state index in [1.807, 2.05) is 19.9 Å². The molecule has 0 amide bonds. The summed E-state index contributed by atoms with van der Waals surface area (Å²) in [5, 5.41) is 19.3. The molecule has 12 heavy (non-hydrogen) atoms. The molecule has 2 N–H and O–H groups in total. The number of hydrogen-bond donors (Lipinski definition) is 2. The molecule has 1 aliphatic rings. The normalized spacial score (nSPS) is 36.9. The number of hydrogen-bond acceptors (Lipinski definition) is 2. The number of rotatable bonds is 1. The van der Waals surface area contributed by atoms with Crippen LogP contribution in [0.2, 0.25) is 0 Å². The lowest BCUT2D eigenvalue weighted by Gasteiger charge is -2.33. The molecule has 1 rings (SSSR count). The first-order valence-corrected chi connectivity index (χ1v) is 4.45. The average Bonchev–Trinajstić information content (AvgIpc) is 1.83. The molecule has 2 unspecified atom stereocenters. The topological polar surface area (TPSA) is 40.5 Å². The van der Waals surface area contributed by atoms with Gasteiger partial charge in [0.15, 0.2) is 0 Å². The minimum Gasteiger partial charge on any atom is -0.390 e. The van der Waals surface area contributed by atoms with Gasteiger partial charge in [-0.05, 0) is 33.6 Å². The molecule has 0 spiro atoms. The van der Waals surface area contributed by atoms with Crippen LogP contribution in [-0.4, -0.2) is 21.4 Å². The van der Waals surface area contributed by atoms with Gasteiger partial charge in [-0.15, -0.1) is 0 Å². The highest BCUT2D eigenvalue weighted by Gasteiger charge is 2.31. The van der Waals surface area contributed by atoms with E-state index in [1.54, 1.807) is 13.0 Å². The maximum atomic E-state index is 9.68. The zero-order valence-corrected chi connectivity index (χ0v) is 8.04. The van der Waals surface area contributed by atoms with E-state index in [-0.39, 0.29) is 5.92 Å². The molecule has 0 aromatic rings. The van der Waals surface area contributed by atoms with E-state index in [0.717, 1.165) is 12.8 Å². The third-order valence-electron chi connectivity index (χ3n) is 2.56. The van der Waals surface area contributed by atoms with Crippen molar-refractivity contribution in [2.45, 2.75) is 44.8 Å². The average molecular weight is 170 g/mol. The van der Waals surface area contributed by atoms with Crippen molar-refractivity contribution in [3.63, 3.8) is 0 Å². The van der Waals surface area contributed by atoms with E-state index >= 15 is 0 Å². The molecule has 0 saturated carbocycles. The van der Waals surface area contributed by atoms with E-state index in [2.05, 4.69) is 0 Å². The van der Waals surface area contributed by atoms with Crippen molar-refractivity contribution in [2.75, 3.05) is 0 Å². The fraction of sp³-hybridized carbons (Fsp3) is 0.800. The first kappa shape index (κ1) is 9.75. The summed E-state index contributed by atoms with van der Waals surface area (Å²) in [6, 6.07) is 0. The summed E-state index contributed by atoms with van der Waals surface area (Å²) in [5.74, 6) is 0.178. The lowest BCUT2D eigenvalue weighted by molar-refractivity contribution is 0.0114. The first-order valence-electron chi connectivity index (χ1n) is 4.45. The van der Waals surface area contributed by atoms with Crippen LogP contribution < -0.4 is 0 Å². The smallest absolute Gasteiger partial charge is 0.0800 e. The summed E-state index contributed by atoms with van der Waals surface area (Å²) in [6.45, 7) is 5.41. The Morgan fingerprint density at radius 3 is 2.42 bits per heavy atom. The molecule has 2 atom stereocenters. The van der Waals surface area contributed by atoms with Gasteiger partial charge in [0.25, 0.3) is 0 Å². The standard InChI is InChI=1S/C10H18O2/c1-9(2,11)8-4-6-10(3,12)7-5-8/h4,6,8,11-12H,5,7H2,1-3H3. The van der Waals surface area contributed by atoms with E-state index in [9.17, 15) is 10.2 Å². The minimum absolute atomic E-state index is 0.178. The molecular formula is C10H18O2. The van der Waals surface area contributed by atoms with Crippen molar-refractivity contribution in [3.8, 4) is 0 Å². The van der Waals surface area contributed by atoms with Crippen LogP contribution in [0.5, 0.6) is 0 Å². The van der Waals surface area contributed by atoms with Gasteiger partial charge >= 0.3 is 0 Å². The zero-order chi connectivity index (χ0) is 9.41. The Labute approximate surface area is 73.9 Å². The predicted octanol–water partition coefficient (Wildman–Crippen LogP) is 1.47. The van der Waals surface area contributed by atoms with Crippen LogP contribution in [0, 0.1) is 5.92 Å². The Hall–Kier alpha value is -0.340. The molecule has 0 aliphatic heterocycles. The molecular weight excluding hydrogens is 152 g/mol. The molecule has 1 aliphatic carbocycles. The van der Waals surface area contributed by atoms with Crippen molar-refractivity contribution < 1.29 is 10.2 Å². The predicted molar refractivity (Wildman–Crippen MR) is 48.8 cm³/mol. The summed E-state index contributed by atoms with van der Waals surface area (Å²) in [4.78, 5) is 0. The second-order valence-electron chi connectivity index (χ2n) is 4.52. The SMILES string of the molecule is CC1(O)C=CC(C(C)(C)O)CC1. The maximum absolute atomic E-state index is 9.68. The second-order valence-corrected chi connectivity index (χ2v) is 4.52. The lowest BCUT2D eigenvalue weighted by Crippen LogP contribution is -2.35. The fourth-order valence-corrected chi connectivity index (χ4v) is 1.54. The van der Waals surface area contributed by atoms with Gasteiger partial charge in [0.1, 0.15) is 0 Å². The second kappa shape index (κ2) is 2.86. The molecule has 2 nitrogen and oxygen atoms in total. The third-order valence-corrected chi connectivity index (χ3v) is 2.56. The van der Waals surface area contributed by atoms with E-state index < -0.39 is 11.2 Å². The Balaban J connectivity index is 2.67. The molecule has 0 aromatic heterocycles. The van der Waals surface area contributed by atoms with Crippen LogP contribution in [0.4, 0.5) is 0 Å². The monoisotopic (exact) mass is 170 g/mol. The van der Waals surface area contributed by atoms with Gasteiger partial charge in [-0.3, -0.25) is 0 Å². The lowest BCUT2D eigenvalue weighted by atomic mass is 9.79. The van der Waals surface area contributed by atoms with E-state index in [4.69, 9.17) is 0 Å². The van der Waals surface area contributed by atoms with Crippen molar-refractivity contribution in [3.05, 3.63) is 12.2 Å². The Bertz CT molecular complexity index is 187. The Morgan fingerprint density at radius 2 is 2.08 bits per heavy atom. The molecule has 0 radical (unpaired) electrons. The van der Waals surface area contributed by atoms with Crippen LogP contribution in [-0.2, 0) is 0 Å². The molecule has 0 bridgehead atoms. The Kier molecular flexibility index (Phi) is 2.32. The van der Waals surface area contributed by atoms with Crippen molar-refractivity contribution in [2.24, 2.45) is 5.92 Å². The van der Waals surface area contributed by atoms with E-state index in [0.29, 0.717) is 0 Å². The van der Waals surface area contributed by atoms with Gasteiger partial charge in [0, 0.05) is 5.92 Å². The maximum Gasteiger partial charge on any atom is 0.0800 e. The summed E-state index contributed by atoms with van der Waals surface area (Å²) in [7, 11) is 0. The third kappa shape index (κ3) is 2.32. The molecule has 2 heteroatoms. The highest BCUT2D eigenvalue weighted by atomic mass is 16.3. The van der Waals surface area contributed by atoms with Crippen LogP contribution in [0.15, 0.2) is 12.2 Å². The van der Waals surface area contributed by atoms with E-state index in [1.165, 1.54) is 0 Å². The first-order chi connectivity index (χ1) is 5.31. The summed E-state index contributed by atoms with van der Waals surface area (Å²) in [6.07, 6.45) is 5.30. The van der Waals surface area contributed by atoms with Crippen LogP contribution in [0.1, 0.15) is 33.6 Å². The van der Waals surface area contributed by atoms with Crippen LogP contribution in [0.3, 0.4) is 0 Å². The van der Waals surface area contributed by atoms with Gasteiger partial charge in [-0.1, -0.05) is 12.2 Å². The van der Waals surface area contributed by atoms with Gasteiger partial charge in [-0.2, -0.15) is 0 Å². The molecule has 0 saturated heterocycles. The molecule has 0 aromatic carbocycles. The van der Waals surface area contributed by atoms with Crippen molar-refractivity contribution >= 4 is 0 Å². The van der Waals surface area contributed by atoms with Gasteiger partial charge in [0.05, 0.1) is 11.2 Å². The summed E-state index contributed by atoms with van der Waals surface area (Å²) < 4.78 is 0. The summed E-state index contributed by atoms with van der Waals surface area (Å²) >= 11 is 0. The quantitative estimate of drug-likeness (QED) is 0.585. The summed E-state index contributed by atoms with van der Waals surface area (Å²) in [5.41, 5.74) is -1.32. The largest absolute Gasteiger partial charge is 0.390 e. The van der Waals surface area contributed by atoms with Gasteiger partial charge in [-0.25, -0.2) is 0 Å². The number of aliphatic hydroxyl groups is 2. The van der Waals surface area contributed by atoms with Gasteiger partial charge < -0.3 is 10.2 Å². The van der Waals surface area contributed by atoms with Crippen molar-refractivity contribution in [1.82, 2.24) is 0 Å². The minimum atomic E-state index is -0.665. The van der Waals surface area contributed by atoms with Gasteiger partial charge in [0.2, 0.25) is 0 Å². The highest BCUT2D eigenvalue weighted by molar-refractivity contribution is 5.08. The zero-order valence-electron chi connectivity index (χ0n) is 8.04. The fourth-order valence-electron chi connectivity index (χ4n) is 1.54. The van der Waals surface area contributed by atoms with Crippen molar-refractivity contribution in [1.29, 1.82) is 0 Å².